The Morgan fingerprint density at radius 2 is 2.25 bits per heavy atom. The summed E-state index contributed by atoms with van der Waals surface area (Å²) in [5, 5.41) is 15.4. The zero-order chi connectivity index (χ0) is 14.8. The van der Waals surface area contributed by atoms with Crippen LogP contribution in [0.3, 0.4) is 0 Å². The third-order valence-corrected chi connectivity index (χ3v) is 4.23. The first kappa shape index (κ1) is 14.3. The average Bonchev–Trinajstić information content (AvgIpc) is 2.82. The molecule has 7 nitrogen and oxygen atoms in total. The minimum atomic E-state index is -3.87. The predicted molar refractivity (Wildman–Crippen MR) is 73.2 cm³/mol. The summed E-state index contributed by atoms with van der Waals surface area (Å²) in [6.07, 6.45) is 1.42. The molecule has 104 valence electrons. The number of hydrogen-bond acceptors (Lipinski definition) is 5. The number of anilines is 1. The van der Waals surface area contributed by atoms with Gasteiger partial charge in [0, 0.05) is 17.1 Å². The van der Waals surface area contributed by atoms with Crippen LogP contribution < -0.4 is 10.5 Å². The highest BCUT2D eigenvalue weighted by molar-refractivity contribution is 7.89. The molecule has 2 aromatic rings. The van der Waals surface area contributed by atoms with E-state index in [4.69, 9.17) is 22.6 Å². The number of nitrogen functional groups attached to an aromatic ring is 1. The molecule has 1 aromatic heterocycles. The van der Waals surface area contributed by atoms with Gasteiger partial charge in [0.25, 0.3) is 0 Å². The number of rotatable bonds is 4. The van der Waals surface area contributed by atoms with Crippen LogP contribution in [0.1, 0.15) is 11.1 Å². The van der Waals surface area contributed by atoms with Crippen LogP contribution in [0.2, 0.25) is 5.02 Å². The van der Waals surface area contributed by atoms with E-state index >= 15 is 0 Å². The normalized spacial score (nSPS) is 11.2. The zero-order valence-corrected chi connectivity index (χ0v) is 11.7. The molecule has 1 aromatic carbocycles. The fourth-order valence-electron chi connectivity index (χ4n) is 1.52. The quantitative estimate of drug-likeness (QED) is 0.776. The number of nitrogens with zero attached hydrogens (tertiary/aromatic N) is 2. The van der Waals surface area contributed by atoms with Crippen molar-refractivity contribution < 1.29 is 8.42 Å². The molecule has 0 atom stereocenters. The number of H-pyrrole nitrogens is 1. The summed E-state index contributed by atoms with van der Waals surface area (Å²) in [7, 11) is -3.87. The van der Waals surface area contributed by atoms with Crippen molar-refractivity contribution in [2.75, 3.05) is 5.73 Å². The smallest absolute Gasteiger partial charge is 0.242 e. The van der Waals surface area contributed by atoms with Crippen LogP contribution in [0.25, 0.3) is 0 Å². The Morgan fingerprint density at radius 3 is 2.85 bits per heavy atom. The van der Waals surface area contributed by atoms with Gasteiger partial charge in [0.1, 0.15) is 16.8 Å². The minimum Gasteiger partial charge on any atom is -0.384 e. The third-order valence-electron chi connectivity index (χ3n) is 2.56. The summed E-state index contributed by atoms with van der Waals surface area (Å²) in [5.41, 5.74) is 6.09. The van der Waals surface area contributed by atoms with E-state index in [1.807, 2.05) is 6.07 Å². The lowest BCUT2D eigenvalue weighted by Gasteiger charge is -2.08. The number of hydrogen-bond donors (Lipinski definition) is 3. The van der Waals surface area contributed by atoms with Crippen molar-refractivity contribution in [2.24, 2.45) is 0 Å². The second kappa shape index (κ2) is 5.50. The van der Waals surface area contributed by atoms with Crippen LogP contribution in [-0.2, 0) is 16.6 Å². The Balaban J connectivity index is 2.30. The van der Waals surface area contributed by atoms with Gasteiger partial charge >= 0.3 is 0 Å². The van der Waals surface area contributed by atoms with E-state index < -0.39 is 10.0 Å². The molecule has 0 unspecified atom stereocenters. The van der Waals surface area contributed by atoms with Crippen LogP contribution in [0.15, 0.2) is 29.3 Å². The minimum absolute atomic E-state index is 0.0158. The fourth-order valence-corrected chi connectivity index (χ4v) is 2.95. The molecule has 9 heteroatoms. The molecule has 2 rings (SSSR count). The van der Waals surface area contributed by atoms with Crippen LogP contribution >= 0.6 is 11.6 Å². The van der Waals surface area contributed by atoms with Gasteiger partial charge < -0.3 is 5.73 Å². The van der Waals surface area contributed by atoms with Gasteiger partial charge in [-0.25, -0.2) is 13.1 Å². The largest absolute Gasteiger partial charge is 0.384 e. The Hall–Kier alpha value is -2.08. The first-order valence-corrected chi connectivity index (χ1v) is 7.27. The van der Waals surface area contributed by atoms with Crippen molar-refractivity contribution in [3.8, 4) is 6.07 Å². The van der Waals surface area contributed by atoms with E-state index in [2.05, 4.69) is 14.9 Å². The number of benzene rings is 1. The lowest BCUT2D eigenvalue weighted by atomic mass is 10.2. The van der Waals surface area contributed by atoms with E-state index in [0.29, 0.717) is 5.56 Å². The number of aromatic amines is 1. The van der Waals surface area contributed by atoms with E-state index in [1.165, 1.54) is 24.4 Å². The van der Waals surface area contributed by atoms with E-state index in [1.54, 1.807) is 0 Å². The van der Waals surface area contributed by atoms with Gasteiger partial charge in [0.2, 0.25) is 10.0 Å². The first-order valence-electron chi connectivity index (χ1n) is 5.41. The van der Waals surface area contributed by atoms with E-state index in [0.717, 1.165) is 0 Å². The molecule has 0 aliphatic carbocycles. The van der Waals surface area contributed by atoms with Gasteiger partial charge in [-0.15, -0.1) is 0 Å². The number of halogens is 1. The van der Waals surface area contributed by atoms with Crippen molar-refractivity contribution in [3.05, 3.63) is 40.5 Å². The second-order valence-electron chi connectivity index (χ2n) is 3.89. The SMILES string of the molecule is N#Cc1ccc(Cl)cc1S(=O)(=O)NCc1cn[nH]c1N. The van der Waals surface area contributed by atoms with E-state index in [9.17, 15) is 8.42 Å². The molecule has 0 saturated heterocycles. The maximum atomic E-state index is 12.2. The van der Waals surface area contributed by atoms with Crippen molar-refractivity contribution >= 4 is 27.4 Å². The molecule has 0 radical (unpaired) electrons. The summed E-state index contributed by atoms with van der Waals surface area (Å²) in [5.74, 6) is 0.277. The van der Waals surface area contributed by atoms with Gasteiger partial charge in [0.05, 0.1) is 11.8 Å². The third kappa shape index (κ3) is 2.91. The summed E-state index contributed by atoms with van der Waals surface area (Å²) in [6.45, 7) is -0.0396. The molecule has 0 aliphatic rings. The van der Waals surface area contributed by atoms with Crippen LogP contribution in [0.4, 0.5) is 5.82 Å². The summed E-state index contributed by atoms with van der Waals surface area (Å²) in [6, 6.07) is 5.84. The predicted octanol–water partition coefficient (Wildman–Crippen LogP) is 0.995. The summed E-state index contributed by atoms with van der Waals surface area (Å²) < 4.78 is 26.7. The Bertz CT molecular complexity index is 778. The fraction of sp³-hybridized carbons (Fsp3) is 0.0909. The highest BCUT2D eigenvalue weighted by Crippen LogP contribution is 2.20. The standard InChI is InChI=1S/C11H10ClN5O2S/c12-9-2-1-7(4-13)10(3-9)20(18,19)16-6-8-5-15-17-11(8)14/h1-3,5,16H,6H2,(H3,14,15,17). The summed E-state index contributed by atoms with van der Waals surface area (Å²) >= 11 is 5.77. The number of sulfonamides is 1. The highest BCUT2D eigenvalue weighted by Gasteiger charge is 2.19. The molecule has 4 N–H and O–H groups in total. The molecule has 1 heterocycles. The lowest BCUT2D eigenvalue weighted by Crippen LogP contribution is -2.24. The Labute approximate surface area is 120 Å². The monoisotopic (exact) mass is 311 g/mol. The van der Waals surface area contributed by atoms with Crippen LogP contribution in [0, 0.1) is 11.3 Å². The molecule has 20 heavy (non-hydrogen) atoms. The average molecular weight is 312 g/mol. The molecule has 0 fully saturated rings. The maximum Gasteiger partial charge on any atom is 0.242 e. The first-order chi connectivity index (χ1) is 9.44. The Kier molecular flexibility index (Phi) is 3.94. The van der Waals surface area contributed by atoms with E-state index in [-0.39, 0.29) is 27.8 Å². The van der Waals surface area contributed by atoms with Crippen molar-refractivity contribution in [2.45, 2.75) is 11.4 Å². The second-order valence-corrected chi connectivity index (χ2v) is 6.06. The molecular weight excluding hydrogens is 302 g/mol. The molecule has 0 bridgehead atoms. The van der Waals surface area contributed by atoms with Crippen LogP contribution in [0.5, 0.6) is 0 Å². The number of nitriles is 1. The topological polar surface area (TPSA) is 125 Å². The summed E-state index contributed by atoms with van der Waals surface area (Å²) in [4.78, 5) is -0.172. The maximum absolute atomic E-state index is 12.2. The number of nitrogens with one attached hydrogen (secondary N) is 2. The molecule has 0 saturated carbocycles. The van der Waals surface area contributed by atoms with Crippen molar-refractivity contribution in [1.82, 2.24) is 14.9 Å². The van der Waals surface area contributed by atoms with Gasteiger partial charge in [-0.1, -0.05) is 11.6 Å². The van der Waals surface area contributed by atoms with Gasteiger partial charge in [-0.05, 0) is 18.2 Å². The zero-order valence-electron chi connectivity index (χ0n) is 10.1. The molecular formula is C11H10ClN5O2S. The van der Waals surface area contributed by atoms with Crippen LogP contribution in [-0.4, -0.2) is 18.6 Å². The van der Waals surface area contributed by atoms with Crippen molar-refractivity contribution in [1.29, 1.82) is 5.26 Å². The van der Waals surface area contributed by atoms with Gasteiger partial charge in [0.15, 0.2) is 0 Å². The Morgan fingerprint density at radius 1 is 1.50 bits per heavy atom. The molecule has 0 amide bonds. The number of nitrogens with two attached hydrogens (primary N) is 1. The molecule has 0 spiro atoms. The molecule has 0 aliphatic heterocycles. The van der Waals surface area contributed by atoms with Crippen molar-refractivity contribution in [3.63, 3.8) is 0 Å². The van der Waals surface area contributed by atoms with Gasteiger partial charge in [-0.3, -0.25) is 5.10 Å². The lowest BCUT2D eigenvalue weighted by molar-refractivity contribution is 0.581. The highest BCUT2D eigenvalue weighted by atomic mass is 35.5. The number of aromatic nitrogens is 2. The van der Waals surface area contributed by atoms with Gasteiger partial charge in [-0.2, -0.15) is 10.4 Å².